The summed E-state index contributed by atoms with van der Waals surface area (Å²) < 4.78 is 5.60. The molecule has 1 nitrogen and oxygen atoms in total. The van der Waals surface area contributed by atoms with E-state index in [1.54, 1.807) is 0 Å². The molecule has 0 N–H and O–H groups in total. The van der Waals surface area contributed by atoms with Crippen molar-refractivity contribution >= 4 is 22.4 Å². The van der Waals surface area contributed by atoms with Crippen LogP contribution in [0.1, 0.15) is 29.4 Å². The van der Waals surface area contributed by atoms with Gasteiger partial charge in [0.05, 0.1) is 13.2 Å². The lowest BCUT2D eigenvalue weighted by Gasteiger charge is -2.60. The maximum Gasteiger partial charge on any atom is 0.0551 e. The van der Waals surface area contributed by atoms with Crippen LogP contribution in [0.3, 0.4) is 0 Å². The Morgan fingerprint density at radius 2 is 1.54 bits per heavy atom. The number of hydrogen-bond donors (Lipinski definition) is 0. The van der Waals surface area contributed by atoms with Crippen LogP contribution < -0.4 is 0 Å². The minimum absolute atomic E-state index is 0.340. The Morgan fingerprint density at radius 1 is 0.833 bits per heavy atom. The molecule has 3 aromatic carbocycles. The molecule has 1 heterocycles. The van der Waals surface area contributed by atoms with Gasteiger partial charge >= 0.3 is 0 Å². The lowest BCUT2D eigenvalue weighted by molar-refractivity contribution is -0.180. The van der Waals surface area contributed by atoms with Gasteiger partial charge in [-0.2, -0.15) is 0 Å². The molecule has 1 aliphatic carbocycles. The molecule has 2 heteroatoms. The average Bonchev–Trinajstić information content (AvgIpc) is 2.54. The highest BCUT2D eigenvalue weighted by Gasteiger charge is 2.58. The molecule has 0 radical (unpaired) electrons. The van der Waals surface area contributed by atoms with Crippen molar-refractivity contribution in [2.75, 3.05) is 13.2 Å². The van der Waals surface area contributed by atoms with E-state index in [0.29, 0.717) is 17.3 Å². The Bertz CT molecular complexity index is 895. The van der Waals surface area contributed by atoms with Crippen molar-refractivity contribution in [1.29, 1.82) is 0 Å². The molecule has 2 fully saturated rings. The number of benzene rings is 3. The highest BCUT2D eigenvalue weighted by molar-refractivity contribution is 6.30. The smallest absolute Gasteiger partial charge is 0.0551 e. The molecule has 1 spiro atoms. The summed E-state index contributed by atoms with van der Waals surface area (Å²) >= 11 is 6.07. The van der Waals surface area contributed by atoms with Gasteiger partial charge in [-0.05, 0) is 46.4 Å². The molecule has 2 aliphatic rings. The number of fused-ring (bicyclic) bond motifs is 1. The highest BCUT2D eigenvalue weighted by atomic mass is 35.5. The third-order valence-corrected chi connectivity index (χ3v) is 6.15. The van der Waals surface area contributed by atoms with E-state index in [2.05, 4.69) is 54.6 Å². The molecule has 24 heavy (non-hydrogen) atoms. The quantitative estimate of drug-likeness (QED) is 0.577. The molecule has 1 saturated heterocycles. The molecule has 2 atom stereocenters. The van der Waals surface area contributed by atoms with E-state index in [-0.39, 0.29) is 0 Å². The summed E-state index contributed by atoms with van der Waals surface area (Å²) in [5.74, 6) is 1.10. The standard InChI is InChI=1S/C22H19ClO/c23-19-9-7-16(8-10-19)20-12-22(13-24-14-22)21(20)18-6-5-15-3-1-2-4-17(15)11-18/h1-11,20-21H,12-14H2. The summed E-state index contributed by atoms with van der Waals surface area (Å²) in [6.45, 7) is 1.79. The topological polar surface area (TPSA) is 9.23 Å². The number of ether oxygens (including phenoxy) is 1. The zero-order valence-electron chi connectivity index (χ0n) is 13.4. The first-order valence-corrected chi connectivity index (χ1v) is 8.95. The number of halogens is 1. The minimum atomic E-state index is 0.340. The van der Waals surface area contributed by atoms with Crippen LogP contribution in [0.15, 0.2) is 66.7 Å². The second-order valence-electron chi connectivity index (χ2n) is 7.30. The van der Waals surface area contributed by atoms with Crippen LogP contribution in [0.2, 0.25) is 5.02 Å². The van der Waals surface area contributed by atoms with Gasteiger partial charge in [-0.3, -0.25) is 0 Å². The summed E-state index contributed by atoms with van der Waals surface area (Å²) in [6, 6.07) is 24.0. The minimum Gasteiger partial charge on any atom is -0.380 e. The number of rotatable bonds is 2. The molecule has 0 amide bonds. The first kappa shape index (κ1) is 14.5. The van der Waals surface area contributed by atoms with Crippen LogP contribution in [0.4, 0.5) is 0 Å². The normalized spacial score (nSPS) is 24.5. The van der Waals surface area contributed by atoms with Gasteiger partial charge in [0.1, 0.15) is 0 Å². The second-order valence-corrected chi connectivity index (χ2v) is 7.74. The van der Waals surface area contributed by atoms with E-state index in [1.807, 2.05) is 12.1 Å². The highest BCUT2D eigenvalue weighted by Crippen LogP contribution is 2.64. The third kappa shape index (κ3) is 2.12. The van der Waals surface area contributed by atoms with E-state index in [1.165, 1.54) is 28.3 Å². The van der Waals surface area contributed by atoms with Gasteiger partial charge < -0.3 is 4.74 Å². The second kappa shape index (κ2) is 5.34. The zero-order chi connectivity index (χ0) is 16.1. The van der Waals surface area contributed by atoms with Gasteiger partial charge in [0, 0.05) is 16.4 Å². The van der Waals surface area contributed by atoms with Gasteiger partial charge in [0.2, 0.25) is 0 Å². The average molecular weight is 335 g/mol. The van der Waals surface area contributed by atoms with Gasteiger partial charge in [-0.15, -0.1) is 0 Å². The lowest BCUT2D eigenvalue weighted by atomic mass is 9.49. The van der Waals surface area contributed by atoms with Crippen LogP contribution >= 0.6 is 11.6 Å². The molecule has 3 aromatic rings. The maximum atomic E-state index is 6.07. The molecule has 0 bridgehead atoms. The molecule has 120 valence electrons. The number of hydrogen-bond acceptors (Lipinski definition) is 1. The summed E-state index contributed by atoms with van der Waals surface area (Å²) in [7, 11) is 0. The largest absolute Gasteiger partial charge is 0.380 e. The Kier molecular flexibility index (Phi) is 3.23. The van der Waals surface area contributed by atoms with Gasteiger partial charge in [-0.1, -0.05) is 66.2 Å². The Balaban J connectivity index is 1.57. The fourth-order valence-electron chi connectivity index (χ4n) is 4.62. The Hall–Kier alpha value is -1.83. The van der Waals surface area contributed by atoms with E-state index in [9.17, 15) is 0 Å². The SMILES string of the molecule is Clc1ccc(C2CC3(COC3)C2c2ccc3ccccc3c2)cc1. The molecule has 0 aromatic heterocycles. The first-order chi connectivity index (χ1) is 11.8. The molecule has 1 aliphatic heterocycles. The molecular weight excluding hydrogens is 316 g/mol. The van der Waals surface area contributed by atoms with Crippen molar-refractivity contribution in [2.45, 2.75) is 18.3 Å². The lowest BCUT2D eigenvalue weighted by Crippen LogP contribution is -2.57. The van der Waals surface area contributed by atoms with Crippen molar-refractivity contribution in [1.82, 2.24) is 0 Å². The fourth-order valence-corrected chi connectivity index (χ4v) is 4.74. The third-order valence-electron chi connectivity index (χ3n) is 5.90. The van der Waals surface area contributed by atoms with Gasteiger partial charge in [0.15, 0.2) is 0 Å². The summed E-state index contributed by atoms with van der Waals surface area (Å²) in [5.41, 5.74) is 3.19. The van der Waals surface area contributed by atoms with E-state index < -0.39 is 0 Å². The van der Waals surface area contributed by atoms with Crippen LogP contribution in [0.25, 0.3) is 10.8 Å². The summed E-state index contributed by atoms with van der Waals surface area (Å²) in [4.78, 5) is 0. The Morgan fingerprint density at radius 3 is 2.25 bits per heavy atom. The van der Waals surface area contributed by atoms with Gasteiger partial charge in [-0.25, -0.2) is 0 Å². The van der Waals surface area contributed by atoms with Crippen LogP contribution in [-0.4, -0.2) is 13.2 Å². The maximum absolute atomic E-state index is 6.07. The van der Waals surface area contributed by atoms with E-state index in [4.69, 9.17) is 16.3 Å². The molecule has 2 unspecified atom stereocenters. The van der Waals surface area contributed by atoms with Crippen LogP contribution in [-0.2, 0) is 4.74 Å². The van der Waals surface area contributed by atoms with Crippen LogP contribution in [0.5, 0.6) is 0 Å². The van der Waals surface area contributed by atoms with Crippen LogP contribution in [0, 0.1) is 5.41 Å². The summed E-state index contributed by atoms with van der Waals surface area (Å²) in [6.07, 6.45) is 1.21. The van der Waals surface area contributed by atoms with Crippen molar-refractivity contribution in [3.8, 4) is 0 Å². The summed E-state index contributed by atoms with van der Waals surface area (Å²) in [5, 5.41) is 3.44. The van der Waals surface area contributed by atoms with Gasteiger partial charge in [0.25, 0.3) is 0 Å². The monoisotopic (exact) mass is 334 g/mol. The molecule has 1 saturated carbocycles. The molecule has 5 rings (SSSR count). The van der Waals surface area contributed by atoms with Crippen molar-refractivity contribution in [3.63, 3.8) is 0 Å². The zero-order valence-corrected chi connectivity index (χ0v) is 14.2. The first-order valence-electron chi connectivity index (χ1n) is 8.57. The van der Waals surface area contributed by atoms with Crippen molar-refractivity contribution < 1.29 is 4.74 Å². The predicted molar refractivity (Wildman–Crippen MR) is 98.8 cm³/mol. The predicted octanol–water partition coefficient (Wildman–Crippen LogP) is 5.78. The van der Waals surface area contributed by atoms with E-state index >= 15 is 0 Å². The van der Waals surface area contributed by atoms with Crippen molar-refractivity contribution in [3.05, 3.63) is 82.9 Å². The molecular formula is C22H19ClO. The van der Waals surface area contributed by atoms with Crippen molar-refractivity contribution in [2.24, 2.45) is 5.41 Å². The van der Waals surface area contributed by atoms with E-state index in [0.717, 1.165) is 18.2 Å². The fraction of sp³-hybridized carbons (Fsp3) is 0.273. The Labute approximate surface area is 147 Å².